The highest BCUT2D eigenvalue weighted by molar-refractivity contribution is 5.94. The quantitative estimate of drug-likeness (QED) is 0.150. The molecule has 31 heavy (non-hydrogen) atoms. The van der Waals surface area contributed by atoms with Gasteiger partial charge in [0.15, 0.2) is 0 Å². The minimum atomic E-state index is -1.60. The summed E-state index contributed by atoms with van der Waals surface area (Å²) in [6, 6.07) is -5.88. The van der Waals surface area contributed by atoms with Crippen molar-refractivity contribution >= 4 is 23.7 Å². The summed E-state index contributed by atoms with van der Waals surface area (Å²) in [5.41, 5.74) is 5.79. The van der Waals surface area contributed by atoms with Gasteiger partial charge in [0, 0.05) is 18.3 Å². The number of aliphatic hydroxyl groups is 3. The number of H-pyrrole nitrogens is 1. The third-order valence-electron chi connectivity index (χ3n) is 4.25. The number of aliphatic carboxylic acids is 1. The number of carbonyl (C=O) groups excluding carboxylic acids is 3. The molecule has 0 aliphatic rings. The van der Waals surface area contributed by atoms with Crippen LogP contribution in [0, 0.1) is 0 Å². The van der Waals surface area contributed by atoms with Crippen molar-refractivity contribution in [1.82, 2.24) is 25.9 Å². The molecule has 0 aliphatic heterocycles. The number of rotatable bonds is 12. The van der Waals surface area contributed by atoms with Crippen molar-refractivity contribution in [3.8, 4) is 0 Å². The summed E-state index contributed by atoms with van der Waals surface area (Å²) in [6.07, 6.45) is -0.284. The maximum Gasteiger partial charge on any atom is 0.326 e. The molecular formula is C17H28N6O8. The number of carboxylic acid groups (broad SMARTS) is 1. The van der Waals surface area contributed by atoms with Crippen LogP contribution < -0.4 is 21.7 Å². The molecule has 0 aliphatic carbocycles. The molecule has 6 unspecified atom stereocenters. The highest BCUT2D eigenvalue weighted by atomic mass is 16.4. The predicted octanol–water partition coefficient (Wildman–Crippen LogP) is -4.43. The summed E-state index contributed by atoms with van der Waals surface area (Å²) in [5.74, 6) is -4.31. The molecule has 1 rings (SSSR count). The second-order valence-corrected chi connectivity index (χ2v) is 6.92. The van der Waals surface area contributed by atoms with Gasteiger partial charge < -0.3 is 47.1 Å². The maximum atomic E-state index is 12.6. The molecule has 14 nitrogen and oxygen atoms in total. The second-order valence-electron chi connectivity index (χ2n) is 6.92. The van der Waals surface area contributed by atoms with Gasteiger partial charge in [-0.1, -0.05) is 0 Å². The average Bonchev–Trinajstić information content (AvgIpc) is 3.20. The Morgan fingerprint density at radius 2 is 1.55 bits per heavy atom. The van der Waals surface area contributed by atoms with Crippen LogP contribution in [-0.2, 0) is 25.6 Å². The molecule has 3 amide bonds. The van der Waals surface area contributed by atoms with Gasteiger partial charge in [0.1, 0.15) is 24.2 Å². The van der Waals surface area contributed by atoms with E-state index in [0.717, 1.165) is 0 Å². The zero-order chi connectivity index (χ0) is 23.7. The lowest BCUT2D eigenvalue weighted by Crippen LogP contribution is -2.62. The Kier molecular flexibility index (Phi) is 10.0. The van der Waals surface area contributed by atoms with Crippen LogP contribution in [0.15, 0.2) is 12.5 Å². The second kappa shape index (κ2) is 11.9. The van der Waals surface area contributed by atoms with Gasteiger partial charge in [0.05, 0.1) is 25.1 Å². The van der Waals surface area contributed by atoms with E-state index in [-0.39, 0.29) is 6.42 Å². The first-order valence-corrected chi connectivity index (χ1v) is 9.31. The number of carboxylic acids is 1. The summed E-state index contributed by atoms with van der Waals surface area (Å²) in [5, 5.41) is 44.5. The van der Waals surface area contributed by atoms with Crippen molar-refractivity contribution in [2.45, 2.75) is 56.6 Å². The van der Waals surface area contributed by atoms with Crippen molar-refractivity contribution in [1.29, 1.82) is 0 Å². The van der Waals surface area contributed by atoms with E-state index in [2.05, 4.69) is 25.9 Å². The molecule has 1 aromatic heterocycles. The molecule has 0 saturated heterocycles. The monoisotopic (exact) mass is 444 g/mol. The number of hydrogen-bond acceptors (Lipinski definition) is 9. The zero-order valence-electron chi connectivity index (χ0n) is 17.0. The zero-order valence-corrected chi connectivity index (χ0v) is 17.0. The number of hydrogen-bond donors (Lipinski definition) is 9. The predicted molar refractivity (Wildman–Crippen MR) is 104 cm³/mol. The fraction of sp³-hybridized carbons (Fsp3) is 0.588. The Hall–Kier alpha value is -3.07. The SMILES string of the molecule is CC(O)C(NC(=O)C(N)CO)C(=O)NC(C(=O)NC(Cc1cnc[nH]1)C(=O)O)C(C)O. The Labute approximate surface area is 177 Å². The van der Waals surface area contributed by atoms with Crippen LogP contribution >= 0.6 is 0 Å². The molecule has 0 bridgehead atoms. The van der Waals surface area contributed by atoms with E-state index >= 15 is 0 Å². The first kappa shape index (κ1) is 26.0. The number of nitrogens with two attached hydrogens (primary N) is 1. The van der Waals surface area contributed by atoms with Crippen LogP contribution in [0.3, 0.4) is 0 Å². The summed E-state index contributed by atoms with van der Waals surface area (Å²) < 4.78 is 0. The number of imidazole rings is 1. The molecule has 14 heteroatoms. The average molecular weight is 444 g/mol. The molecule has 1 heterocycles. The van der Waals surface area contributed by atoms with Gasteiger partial charge in [-0.3, -0.25) is 14.4 Å². The highest BCUT2D eigenvalue weighted by Gasteiger charge is 2.34. The van der Waals surface area contributed by atoms with E-state index in [1.807, 2.05) is 0 Å². The normalized spacial score (nSPS) is 16.8. The number of aromatic nitrogens is 2. The van der Waals surface area contributed by atoms with Crippen molar-refractivity contribution in [3.05, 3.63) is 18.2 Å². The fourth-order valence-corrected chi connectivity index (χ4v) is 2.47. The van der Waals surface area contributed by atoms with Gasteiger partial charge in [-0.2, -0.15) is 0 Å². The molecule has 174 valence electrons. The summed E-state index contributed by atoms with van der Waals surface area (Å²) >= 11 is 0. The van der Waals surface area contributed by atoms with Crippen molar-refractivity contribution in [2.75, 3.05) is 6.61 Å². The van der Waals surface area contributed by atoms with E-state index in [1.165, 1.54) is 26.4 Å². The van der Waals surface area contributed by atoms with Crippen LogP contribution in [0.2, 0.25) is 0 Å². The van der Waals surface area contributed by atoms with Crippen molar-refractivity contribution < 1.29 is 39.6 Å². The number of amides is 3. The number of nitrogens with zero attached hydrogens (tertiary/aromatic N) is 1. The molecule has 6 atom stereocenters. The van der Waals surface area contributed by atoms with Crippen LogP contribution in [0.4, 0.5) is 0 Å². The van der Waals surface area contributed by atoms with Crippen molar-refractivity contribution in [2.24, 2.45) is 5.73 Å². The smallest absolute Gasteiger partial charge is 0.326 e. The summed E-state index contributed by atoms with van der Waals surface area (Å²) in [6.45, 7) is 1.68. The van der Waals surface area contributed by atoms with Crippen LogP contribution in [0.25, 0.3) is 0 Å². The van der Waals surface area contributed by atoms with E-state index in [9.17, 15) is 34.5 Å². The minimum absolute atomic E-state index is 0.132. The maximum absolute atomic E-state index is 12.6. The van der Waals surface area contributed by atoms with E-state index in [4.69, 9.17) is 10.8 Å². The van der Waals surface area contributed by atoms with Gasteiger partial charge in [0.25, 0.3) is 0 Å². The van der Waals surface area contributed by atoms with Crippen LogP contribution in [0.5, 0.6) is 0 Å². The van der Waals surface area contributed by atoms with E-state index < -0.39 is 66.7 Å². The topological polar surface area (TPSA) is 240 Å². The molecule has 0 aromatic carbocycles. The first-order chi connectivity index (χ1) is 14.5. The Morgan fingerprint density at radius 3 is 1.97 bits per heavy atom. The first-order valence-electron chi connectivity index (χ1n) is 9.31. The highest BCUT2D eigenvalue weighted by Crippen LogP contribution is 2.03. The van der Waals surface area contributed by atoms with Gasteiger partial charge in [-0.15, -0.1) is 0 Å². The standard InChI is InChI=1S/C17H28N6O8/c1-7(25)12(15(28)21-11(17(30)31)3-9-4-19-6-20-9)23-16(29)13(8(2)26)22-14(27)10(18)5-24/h4,6-8,10-13,24-26H,3,5,18H2,1-2H3,(H,19,20)(H,21,28)(H,22,27)(H,23,29)(H,30,31). The molecule has 10 N–H and O–H groups in total. The van der Waals surface area contributed by atoms with Gasteiger partial charge >= 0.3 is 5.97 Å². The summed E-state index contributed by atoms with van der Waals surface area (Å²) in [7, 11) is 0. The third-order valence-corrected chi connectivity index (χ3v) is 4.25. The fourth-order valence-electron chi connectivity index (χ4n) is 2.47. The Bertz CT molecular complexity index is 754. The van der Waals surface area contributed by atoms with E-state index in [0.29, 0.717) is 5.69 Å². The molecule has 1 aromatic rings. The molecular weight excluding hydrogens is 416 g/mol. The van der Waals surface area contributed by atoms with Crippen molar-refractivity contribution in [3.63, 3.8) is 0 Å². The lowest BCUT2D eigenvalue weighted by Gasteiger charge is -2.27. The Balaban J connectivity index is 2.90. The minimum Gasteiger partial charge on any atom is -0.480 e. The molecule has 0 spiro atoms. The van der Waals surface area contributed by atoms with Crippen LogP contribution in [0.1, 0.15) is 19.5 Å². The number of aliphatic hydroxyl groups excluding tert-OH is 3. The molecule has 0 saturated carbocycles. The van der Waals surface area contributed by atoms with Gasteiger partial charge in [-0.05, 0) is 13.8 Å². The summed E-state index contributed by atoms with van der Waals surface area (Å²) in [4.78, 5) is 54.8. The lowest BCUT2D eigenvalue weighted by atomic mass is 10.1. The molecule has 0 fully saturated rings. The third kappa shape index (κ3) is 7.93. The van der Waals surface area contributed by atoms with Gasteiger partial charge in [0.2, 0.25) is 17.7 Å². The molecule has 0 radical (unpaired) electrons. The van der Waals surface area contributed by atoms with E-state index in [1.54, 1.807) is 0 Å². The largest absolute Gasteiger partial charge is 0.480 e. The number of aromatic amines is 1. The lowest BCUT2D eigenvalue weighted by molar-refractivity contribution is -0.143. The van der Waals surface area contributed by atoms with Crippen LogP contribution in [-0.4, -0.2) is 97.1 Å². The number of carbonyl (C=O) groups is 4. The van der Waals surface area contributed by atoms with Gasteiger partial charge in [-0.25, -0.2) is 9.78 Å². The number of nitrogens with one attached hydrogen (secondary N) is 4. The Morgan fingerprint density at radius 1 is 1.03 bits per heavy atom.